The molecule has 1 heterocycles. The van der Waals surface area contributed by atoms with Gasteiger partial charge in [-0.05, 0) is 30.5 Å². The summed E-state index contributed by atoms with van der Waals surface area (Å²) < 4.78 is 1.85. The van der Waals surface area contributed by atoms with Gasteiger partial charge in [0.15, 0.2) is 0 Å². The van der Waals surface area contributed by atoms with Crippen LogP contribution in [0.25, 0.3) is 5.69 Å². The van der Waals surface area contributed by atoms with Crippen LogP contribution >= 0.6 is 0 Å². The summed E-state index contributed by atoms with van der Waals surface area (Å²) in [6.45, 7) is 4.14. The Balaban J connectivity index is 1.93. The van der Waals surface area contributed by atoms with E-state index in [0.717, 1.165) is 17.8 Å². The number of Topliss-reactive ketones (excluding diaryl/α,β-unsaturated/α-hetero) is 1. The second kappa shape index (κ2) is 6.32. The fraction of sp³-hybridized carbons (Fsp3) is 0.375. The molecule has 100 valence electrons. The minimum atomic E-state index is 0.323. The van der Waals surface area contributed by atoms with E-state index < -0.39 is 0 Å². The molecule has 0 radical (unpaired) electrons. The van der Waals surface area contributed by atoms with Gasteiger partial charge in [0, 0.05) is 19.0 Å². The van der Waals surface area contributed by atoms with Crippen LogP contribution in [0.2, 0.25) is 0 Å². The third-order valence-corrected chi connectivity index (χ3v) is 2.96. The fourth-order valence-electron chi connectivity index (χ4n) is 2.04. The molecule has 0 N–H and O–H groups in total. The highest BCUT2D eigenvalue weighted by molar-refractivity contribution is 5.78. The number of carbonyl (C=O) groups is 1. The van der Waals surface area contributed by atoms with Crippen LogP contribution in [0.3, 0.4) is 0 Å². The molecule has 1 aromatic heterocycles. The highest BCUT2D eigenvalue weighted by Crippen LogP contribution is 2.10. The highest BCUT2D eigenvalue weighted by Gasteiger charge is 2.07. The number of carbonyl (C=O) groups excluding carboxylic acids is 1. The zero-order valence-electron chi connectivity index (χ0n) is 11.5. The number of hydrogen-bond donors (Lipinski definition) is 0. The summed E-state index contributed by atoms with van der Waals surface area (Å²) in [7, 11) is 0. The molecule has 0 aliphatic rings. The Morgan fingerprint density at radius 3 is 2.63 bits per heavy atom. The number of benzene rings is 1. The fourth-order valence-corrected chi connectivity index (χ4v) is 2.04. The predicted molar refractivity (Wildman–Crippen MR) is 76.3 cm³/mol. The molecule has 1 aromatic carbocycles. The second-order valence-electron chi connectivity index (χ2n) is 5.22. The monoisotopic (exact) mass is 256 g/mol. The summed E-state index contributed by atoms with van der Waals surface area (Å²) in [5.41, 5.74) is 2.02. The molecule has 0 aliphatic heterocycles. The minimum absolute atomic E-state index is 0.323. The molecule has 0 bridgehead atoms. The van der Waals surface area contributed by atoms with Crippen LogP contribution in [0.5, 0.6) is 0 Å². The van der Waals surface area contributed by atoms with Crippen molar-refractivity contribution in [3.8, 4) is 5.69 Å². The second-order valence-corrected chi connectivity index (χ2v) is 5.22. The van der Waals surface area contributed by atoms with Crippen molar-refractivity contribution in [2.75, 3.05) is 0 Å². The first-order valence-corrected chi connectivity index (χ1v) is 6.77. The molecule has 19 heavy (non-hydrogen) atoms. The van der Waals surface area contributed by atoms with Crippen molar-refractivity contribution in [3.05, 3.63) is 48.3 Å². The van der Waals surface area contributed by atoms with Crippen LogP contribution in [0.1, 0.15) is 32.4 Å². The van der Waals surface area contributed by atoms with Crippen LogP contribution in [-0.4, -0.2) is 15.6 Å². The molecule has 0 saturated heterocycles. The highest BCUT2D eigenvalue weighted by atomic mass is 16.1. The van der Waals surface area contributed by atoms with Gasteiger partial charge >= 0.3 is 0 Å². The van der Waals surface area contributed by atoms with E-state index in [1.165, 1.54) is 0 Å². The van der Waals surface area contributed by atoms with Gasteiger partial charge in [-0.25, -0.2) is 4.68 Å². The van der Waals surface area contributed by atoms with E-state index in [-0.39, 0.29) is 0 Å². The average molecular weight is 256 g/mol. The molecule has 2 aromatic rings. The maximum absolute atomic E-state index is 11.7. The number of nitrogens with zero attached hydrogens (tertiary/aromatic N) is 2. The quantitative estimate of drug-likeness (QED) is 0.793. The summed E-state index contributed by atoms with van der Waals surface area (Å²) >= 11 is 0. The molecule has 0 aliphatic carbocycles. The molecule has 0 amide bonds. The van der Waals surface area contributed by atoms with Gasteiger partial charge in [0.25, 0.3) is 0 Å². The van der Waals surface area contributed by atoms with Gasteiger partial charge < -0.3 is 0 Å². The van der Waals surface area contributed by atoms with Crippen molar-refractivity contribution in [1.29, 1.82) is 0 Å². The smallest absolute Gasteiger partial charge is 0.133 e. The third-order valence-electron chi connectivity index (χ3n) is 2.96. The maximum atomic E-state index is 11.7. The lowest BCUT2D eigenvalue weighted by Crippen LogP contribution is -2.04. The molecule has 0 saturated carbocycles. The predicted octanol–water partition coefficient (Wildman–Crippen LogP) is 3.42. The minimum Gasteiger partial charge on any atom is -0.300 e. The lowest BCUT2D eigenvalue weighted by Gasteiger charge is -2.02. The average Bonchev–Trinajstić information content (AvgIpc) is 2.85. The van der Waals surface area contributed by atoms with Gasteiger partial charge in [-0.2, -0.15) is 5.10 Å². The molecule has 0 unspecified atom stereocenters. The zero-order valence-corrected chi connectivity index (χ0v) is 11.5. The van der Waals surface area contributed by atoms with Gasteiger partial charge in [-0.3, -0.25) is 4.79 Å². The first-order valence-electron chi connectivity index (χ1n) is 6.77. The largest absolute Gasteiger partial charge is 0.300 e. The van der Waals surface area contributed by atoms with Crippen LogP contribution in [-0.2, 0) is 11.2 Å². The molecule has 2 rings (SSSR count). The van der Waals surface area contributed by atoms with Crippen LogP contribution in [0.4, 0.5) is 0 Å². The lowest BCUT2D eigenvalue weighted by molar-refractivity contribution is -0.119. The van der Waals surface area contributed by atoms with Crippen LogP contribution < -0.4 is 0 Å². The number of hydrogen-bond acceptors (Lipinski definition) is 2. The van der Waals surface area contributed by atoms with E-state index in [0.29, 0.717) is 24.5 Å². The summed E-state index contributed by atoms with van der Waals surface area (Å²) in [6, 6.07) is 12.0. The summed E-state index contributed by atoms with van der Waals surface area (Å²) in [6.07, 6.45) is 3.92. The van der Waals surface area contributed by atoms with E-state index in [9.17, 15) is 4.79 Å². The Morgan fingerprint density at radius 1 is 1.21 bits per heavy atom. The number of aryl methyl sites for hydroxylation is 1. The Bertz CT molecular complexity index is 529. The molecule has 0 fully saturated rings. The van der Waals surface area contributed by atoms with Gasteiger partial charge in [0.05, 0.1) is 11.4 Å². The SMILES string of the molecule is CC(C)CC(=O)CCc1ccn(-c2ccccc2)n1. The number of para-hydroxylation sites is 1. The molecule has 0 spiro atoms. The standard InChI is InChI=1S/C16H20N2O/c1-13(2)12-16(19)9-8-14-10-11-18(17-14)15-6-4-3-5-7-15/h3-7,10-11,13H,8-9,12H2,1-2H3. The first-order chi connectivity index (χ1) is 9.15. The number of ketones is 1. The van der Waals surface area contributed by atoms with Crippen molar-refractivity contribution >= 4 is 5.78 Å². The third kappa shape index (κ3) is 4.05. The first kappa shape index (κ1) is 13.5. The van der Waals surface area contributed by atoms with Crippen molar-refractivity contribution < 1.29 is 4.79 Å². The van der Waals surface area contributed by atoms with E-state index in [2.05, 4.69) is 18.9 Å². The molecular weight excluding hydrogens is 236 g/mol. The Kier molecular flexibility index (Phi) is 4.50. The van der Waals surface area contributed by atoms with Crippen LogP contribution in [0.15, 0.2) is 42.6 Å². The molecule has 3 heteroatoms. The van der Waals surface area contributed by atoms with Crippen molar-refractivity contribution in [3.63, 3.8) is 0 Å². The lowest BCUT2D eigenvalue weighted by atomic mass is 10.0. The van der Waals surface area contributed by atoms with Gasteiger partial charge in [0.2, 0.25) is 0 Å². The number of aromatic nitrogens is 2. The Morgan fingerprint density at radius 2 is 1.95 bits per heavy atom. The van der Waals surface area contributed by atoms with E-state index >= 15 is 0 Å². The molecule has 3 nitrogen and oxygen atoms in total. The number of rotatable bonds is 6. The van der Waals surface area contributed by atoms with E-state index in [4.69, 9.17) is 0 Å². The topological polar surface area (TPSA) is 34.9 Å². The summed E-state index contributed by atoms with van der Waals surface area (Å²) in [5.74, 6) is 0.763. The van der Waals surface area contributed by atoms with Crippen LogP contribution in [0, 0.1) is 5.92 Å². The van der Waals surface area contributed by atoms with Gasteiger partial charge in [0.1, 0.15) is 5.78 Å². The molecular formula is C16H20N2O. The Hall–Kier alpha value is -1.90. The molecule has 0 atom stereocenters. The van der Waals surface area contributed by atoms with Crippen molar-refractivity contribution in [2.24, 2.45) is 5.92 Å². The van der Waals surface area contributed by atoms with Gasteiger partial charge in [-0.1, -0.05) is 32.0 Å². The van der Waals surface area contributed by atoms with Crippen molar-refractivity contribution in [2.45, 2.75) is 33.1 Å². The zero-order chi connectivity index (χ0) is 13.7. The van der Waals surface area contributed by atoms with E-state index in [1.807, 2.05) is 47.3 Å². The van der Waals surface area contributed by atoms with Crippen molar-refractivity contribution in [1.82, 2.24) is 9.78 Å². The summed E-state index contributed by atoms with van der Waals surface area (Å²) in [5, 5.41) is 4.50. The summed E-state index contributed by atoms with van der Waals surface area (Å²) in [4.78, 5) is 11.7. The maximum Gasteiger partial charge on any atom is 0.133 e. The normalized spacial score (nSPS) is 10.9. The van der Waals surface area contributed by atoms with E-state index in [1.54, 1.807) is 0 Å². The van der Waals surface area contributed by atoms with Gasteiger partial charge in [-0.15, -0.1) is 0 Å². The Labute approximate surface area is 114 Å².